The third-order valence-corrected chi connectivity index (χ3v) is 5.04. The highest BCUT2D eigenvalue weighted by atomic mass is 32.2. The fraction of sp³-hybridized carbons (Fsp3) is 0.222. The van der Waals surface area contributed by atoms with Crippen LogP contribution in [0.15, 0.2) is 47.6 Å². The van der Waals surface area contributed by atoms with Gasteiger partial charge in [0.15, 0.2) is 17.8 Å². The Hall–Kier alpha value is -2.38. The van der Waals surface area contributed by atoms with Gasteiger partial charge in [-0.3, -0.25) is 0 Å². The molecule has 25 heavy (non-hydrogen) atoms. The van der Waals surface area contributed by atoms with E-state index in [2.05, 4.69) is 10.2 Å². The summed E-state index contributed by atoms with van der Waals surface area (Å²) in [4.78, 5) is 0. The van der Waals surface area contributed by atoms with E-state index < -0.39 is 0 Å². The van der Waals surface area contributed by atoms with Crippen molar-refractivity contribution < 1.29 is 13.9 Å². The molecule has 1 aliphatic rings. The zero-order valence-electron chi connectivity index (χ0n) is 13.6. The quantitative estimate of drug-likeness (QED) is 0.665. The third-order valence-electron chi connectivity index (χ3n) is 3.98. The molecule has 0 amide bonds. The highest BCUT2D eigenvalue weighted by Gasteiger charge is 2.18. The van der Waals surface area contributed by atoms with Gasteiger partial charge in [0.05, 0.1) is 6.61 Å². The molecule has 1 aromatic heterocycles. The molecule has 2 aromatic carbocycles. The number of nitrogens with zero attached hydrogens (tertiary/aromatic N) is 3. The van der Waals surface area contributed by atoms with Crippen LogP contribution in [0.4, 0.5) is 4.39 Å². The first-order chi connectivity index (χ1) is 12.2. The monoisotopic (exact) mass is 357 g/mol. The minimum absolute atomic E-state index is 0.193. The lowest BCUT2D eigenvalue weighted by Gasteiger charge is -2.20. The summed E-state index contributed by atoms with van der Waals surface area (Å²) in [5.74, 6) is 1.77. The number of aromatic nitrogens is 3. The van der Waals surface area contributed by atoms with Gasteiger partial charge in [-0.25, -0.2) is 4.39 Å². The van der Waals surface area contributed by atoms with E-state index >= 15 is 0 Å². The first kappa shape index (κ1) is 16.1. The second kappa shape index (κ2) is 6.85. The predicted octanol–water partition coefficient (Wildman–Crippen LogP) is 3.78. The Morgan fingerprint density at radius 3 is 2.88 bits per heavy atom. The van der Waals surface area contributed by atoms with Gasteiger partial charge in [-0.2, -0.15) is 0 Å². The Balaban J connectivity index is 1.57. The van der Waals surface area contributed by atoms with Gasteiger partial charge in [0, 0.05) is 29.5 Å². The van der Waals surface area contributed by atoms with E-state index in [4.69, 9.17) is 9.47 Å². The zero-order valence-corrected chi connectivity index (χ0v) is 14.4. The van der Waals surface area contributed by atoms with Crippen LogP contribution in [-0.4, -0.2) is 21.6 Å². The van der Waals surface area contributed by atoms with Gasteiger partial charge in [0.2, 0.25) is 0 Å². The number of benzene rings is 2. The molecule has 0 fully saturated rings. The summed E-state index contributed by atoms with van der Waals surface area (Å²) >= 11 is 1.50. The Morgan fingerprint density at radius 1 is 1.20 bits per heavy atom. The Labute approximate surface area is 148 Å². The van der Waals surface area contributed by atoms with Crippen LogP contribution in [0.25, 0.3) is 11.4 Å². The van der Waals surface area contributed by atoms with Gasteiger partial charge in [0.25, 0.3) is 0 Å². The van der Waals surface area contributed by atoms with E-state index in [0.717, 1.165) is 27.7 Å². The second-order valence-corrected chi connectivity index (χ2v) is 6.63. The third kappa shape index (κ3) is 3.25. The van der Waals surface area contributed by atoms with Crippen LogP contribution in [0.3, 0.4) is 0 Å². The molecule has 2 heterocycles. The van der Waals surface area contributed by atoms with E-state index in [0.29, 0.717) is 18.1 Å². The van der Waals surface area contributed by atoms with Crippen LogP contribution < -0.4 is 4.74 Å². The molecule has 0 spiro atoms. The van der Waals surface area contributed by atoms with E-state index in [1.165, 1.54) is 23.9 Å². The lowest BCUT2D eigenvalue weighted by Crippen LogP contribution is -2.13. The van der Waals surface area contributed by atoms with Crippen molar-refractivity contribution in [2.24, 2.45) is 7.05 Å². The summed E-state index contributed by atoms with van der Waals surface area (Å²) in [6, 6.07) is 12.9. The topological polar surface area (TPSA) is 49.2 Å². The van der Waals surface area contributed by atoms with Crippen LogP contribution in [0.5, 0.6) is 5.75 Å². The smallest absolute Gasteiger partial charge is 0.191 e. The van der Waals surface area contributed by atoms with Crippen molar-refractivity contribution in [3.05, 3.63) is 59.4 Å². The molecular formula is C18H16FN3O2S. The lowest BCUT2D eigenvalue weighted by molar-refractivity contribution is -0.0171. The Morgan fingerprint density at radius 2 is 2.04 bits per heavy atom. The highest BCUT2D eigenvalue weighted by molar-refractivity contribution is 7.98. The van der Waals surface area contributed by atoms with Crippen LogP contribution in [0.1, 0.15) is 11.1 Å². The van der Waals surface area contributed by atoms with Crippen molar-refractivity contribution in [3.8, 4) is 17.1 Å². The molecule has 0 N–H and O–H groups in total. The average molecular weight is 357 g/mol. The number of fused-ring (bicyclic) bond motifs is 1. The Bertz CT molecular complexity index is 899. The fourth-order valence-corrected chi connectivity index (χ4v) is 3.66. The first-order valence-electron chi connectivity index (χ1n) is 7.82. The van der Waals surface area contributed by atoms with Crippen LogP contribution in [0, 0.1) is 5.82 Å². The van der Waals surface area contributed by atoms with Crippen molar-refractivity contribution >= 4 is 11.8 Å². The number of hydrogen-bond donors (Lipinski definition) is 0. The standard InChI is InChI=1S/C18H16FN3O2S/c1-22-17(12-5-3-2-4-6-12)20-21-18(22)25-10-14-8-15(19)7-13-9-23-11-24-16(13)14/h2-8H,9-11H2,1H3. The lowest BCUT2D eigenvalue weighted by atomic mass is 10.1. The first-order valence-corrected chi connectivity index (χ1v) is 8.80. The number of thioether (sulfide) groups is 1. The minimum Gasteiger partial charge on any atom is -0.467 e. The molecule has 3 aromatic rings. The van der Waals surface area contributed by atoms with Gasteiger partial charge < -0.3 is 14.0 Å². The average Bonchev–Trinajstić information content (AvgIpc) is 3.01. The maximum atomic E-state index is 13.8. The second-order valence-electron chi connectivity index (χ2n) is 5.68. The summed E-state index contributed by atoms with van der Waals surface area (Å²) in [5.41, 5.74) is 2.55. The van der Waals surface area contributed by atoms with E-state index in [9.17, 15) is 4.39 Å². The largest absolute Gasteiger partial charge is 0.467 e. The number of hydrogen-bond acceptors (Lipinski definition) is 5. The van der Waals surface area contributed by atoms with Crippen LogP contribution >= 0.6 is 11.8 Å². The van der Waals surface area contributed by atoms with Crippen LogP contribution in [-0.2, 0) is 24.1 Å². The molecule has 7 heteroatoms. The minimum atomic E-state index is -0.286. The zero-order chi connectivity index (χ0) is 17.2. The summed E-state index contributed by atoms with van der Waals surface area (Å²) in [6.45, 7) is 0.561. The van der Waals surface area contributed by atoms with Gasteiger partial charge in [-0.05, 0) is 12.1 Å². The molecule has 0 saturated heterocycles. The molecule has 4 rings (SSSR count). The van der Waals surface area contributed by atoms with Crippen molar-refractivity contribution in [3.63, 3.8) is 0 Å². The van der Waals surface area contributed by atoms with Crippen molar-refractivity contribution in [2.75, 3.05) is 6.79 Å². The van der Waals surface area contributed by atoms with E-state index in [-0.39, 0.29) is 12.6 Å². The molecule has 0 unspecified atom stereocenters. The van der Waals surface area contributed by atoms with E-state index in [1.54, 1.807) is 0 Å². The number of rotatable bonds is 4. The van der Waals surface area contributed by atoms with Crippen molar-refractivity contribution in [2.45, 2.75) is 17.5 Å². The SMILES string of the molecule is Cn1c(SCc2cc(F)cc3c2OCOC3)nnc1-c1ccccc1. The molecule has 128 valence electrons. The summed E-state index contributed by atoms with van der Waals surface area (Å²) in [5, 5.41) is 9.30. The maximum Gasteiger partial charge on any atom is 0.191 e. The molecule has 0 atom stereocenters. The molecule has 0 aliphatic carbocycles. The number of halogens is 1. The predicted molar refractivity (Wildman–Crippen MR) is 92.7 cm³/mol. The molecule has 0 radical (unpaired) electrons. The normalized spacial score (nSPS) is 13.4. The molecule has 1 aliphatic heterocycles. The Kier molecular flexibility index (Phi) is 4.42. The number of ether oxygens (including phenoxy) is 2. The summed E-state index contributed by atoms with van der Waals surface area (Å²) in [7, 11) is 1.93. The highest BCUT2D eigenvalue weighted by Crippen LogP contribution is 2.34. The van der Waals surface area contributed by atoms with Gasteiger partial charge in [0.1, 0.15) is 11.6 Å². The van der Waals surface area contributed by atoms with Crippen molar-refractivity contribution in [1.29, 1.82) is 0 Å². The maximum absolute atomic E-state index is 13.8. The summed E-state index contributed by atoms with van der Waals surface area (Å²) < 4.78 is 26.5. The van der Waals surface area contributed by atoms with Crippen molar-refractivity contribution in [1.82, 2.24) is 14.8 Å². The molecular weight excluding hydrogens is 341 g/mol. The molecule has 5 nitrogen and oxygen atoms in total. The van der Waals surface area contributed by atoms with Gasteiger partial charge >= 0.3 is 0 Å². The van der Waals surface area contributed by atoms with Gasteiger partial charge in [-0.15, -0.1) is 10.2 Å². The fourth-order valence-electron chi connectivity index (χ4n) is 2.79. The summed E-state index contributed by atoms with van der Waals surface area (Å²) in [6.07, 6.45) is 0. The van der Waals surface area contributed by atoms with E-state index in [1.807, 2.05) is 41.9 Å². The van der Waals surface area contributed by atoms with Crippen LogP contribution in [0.2, 0.25) is 0 Å². The van der Waals surface area contributed by atoms with Gasteiger partial charge in [-0.1, -0.05) is 42.1 Å². The molecule has 0 saturated carbocycles. The molecule has 0 bridgehead atoms.